The number of hydrogen-bond acceptors (Lipinski definition) is 3. The van der Waals surface area contributed by atoms with Crippen LogP contribution in [0.3, 0.4) is 0 Å². The van der Waals surface area contributed by atoms with E-state index < -0.39 is 0 Å². The van der Waals surface area contributed by atoms with Crippen LogP contribution in [0.25, 0.3) is 0 Å². The van der Waals surface area contributed by atoms with E-state index in [9.17, 15) is 5.11 Å². The molecule has 1 heterocycles. The molecule has 0 amide bonds. The Morgan fingerprint density at radius 1 is 1.64 bits per heavy atom. The maximum Gasteiger partial charge on any atom is 0.144 e. The Balaban J connectivity index is 2.35. The lowest BCUT2D eigenvalue weighted by Gasteiger charge is -2.09. The van der Waals surface area contributed by atoms with Crippen molar-refractivity contribution in [3.05, 3.63) is 23.4 Å². The van der Waals surface area contributed by atoms with E-state index in [1.54, 1.807) is 18.3 Å². The second-order valence-electron chi connectivity index (χ2n) is 3.11. The molecule has 2 N–H and O–H groups in total. The van der Waals surface area contributed by atoms with Gasteiger partial charge in [-0.3, -0.25) is 0 Å². The lowest BCUT2D eigenvalue weighted by atomic mass is 10.2. The van der Waals surface area contributed by atoms with Gasteiger partial charge in [-0.1, -0.05) is 18.5 Å². The molecule has 1 aromatic heterocycles. The van der Waals surface area contributed by atoms with Crippen molar-refractivity contribution in [2.45, 2.75) is 25.9 Å². The smallest absolute Gasteiger partial charge is 0.144 e. The van der Waals surface area contributed by atoms with E-state index in [0.29, 0.717) is 23.8 Å². The number of aliphatic hydroxyl groups excluding tert-OH is 1. The Morgan fingerprint density at radius 3 is 3.07 bits per heavy atom. The summed E-state index contributed by atoms with van der Waals surface area (Å²) in [6, 6.07) is 3.57. The van der Waals surface area contributed by atoms with E-state index in [4.69, 9.17) is 11.6 Å². The Hall–Kier alpha value is -0.800. The van der Waals surface area contributed by atoms with E-state index in [1.807, 2.05) is 6.92 Å². The second-order valence-corrected chi connectivity index (χ2v) is 3.52. The molecule has 0 bridgehead atoms. The van der Waals surface area contributed by atoms with Crippen LogP contribution < -0.4 is 5.32 Å². The van der Waals surface area contributed by atoms with Crippen LogP contribution in [-0.4, -0.2) is 22.7 Å². The van der Waals surface area contributed by atoms with Gasteiger partial charge in [0.15, 0.2) is 0 Å². The highest BCUT2D eigenvalue weighted by atomic mass is 35.5. The molecule has 0 saturated heterocycles. The molecule has 0 fully saturated rings. The van der Waals surface area contributed by atoms with Crippen LogP contribution in [0.2, 0.25) is 5.02 Å². The highest BCUT2D eigenvalue weighted by Gasteiger charge is 2.02. The molecule has 78 valence electrons. The molecule has 4 heteroatoms. The van der Waals surface area contributed by atoms with Crippen molar-refractivity contribution < 1.29 is 5.11 Å². The highest BCUT2D eigenvalue weighted by molar-refractivity contribution is 6.32. The SMILES string of the molecule is CCC(O)CCNc1ncccc1Cl. The third-order valence-corrected chi connectivity index (χ3v) is 2.30. The molecule has 1 atom stereocenters. The summed E-state index contributed by atoms with van der Waals surface area (Å²) in [6.45, 7) is 2.64. The third-order valence-electron chi connectivity index (χ3n) is 2.00. The number of halogens is 1. The van der Waals surface area contributed by atoms with Crippen LogP contribution >= 0.6 is 11.6 Å². The van der Waals surface area contributed by atoms with Crippen LogP contribution in [0.4, 0.5) is 5.82 Å². The predicted octanol–water partition coefficient (Wildman–Crippen LogP) is 2.31. The van der Waals surface area contributed by atoms with E-state index in [2.05, 4.69) is 10.3 Å². The summed E-state index contributed by atoms with van der Waals surface area (Å²) in [5.41, 5.74) is 0. The molecule has 0 saturated carbocycles. The minimum Gasteiger partial charge on any atom is -0.393 e. The largest absolute Gasteiger partial charge is 0.393 e. The van der Waals surface area contributed by atoms with Crippen LogP contribution in [0.1, 0.15) is 19.8 Å². The summed E-state index contributed by atoms with van der Waals surface area (Å²) in [5, 5.41) is 13.0. The summed E-state index contributed by atoms with van der Waals surface area (Å²) < 4.78 is 0. The Kier molecular flexibility index (Phi) is 4.70. The molecule has 0 radical (unpaired) electrons. The first-order valence-corrected chi connectivity index (χ1v) is 5.14. The van der Waals surface area contributed by atoms with Crippen LogP contribution in [0.5, 0.6) is 0 Å². The van der Waals surface area contributed by atoms with Gasteiger partial charge in [-0.05, 0) is 25.0 Å². The molecule has 0 aliphatic carbocycles. The Bertz CT molecular complexity index is 281. The van der Waals surface area contributed by atoms with Crippen molar-refractivity contribution in [3.63, 3.8) is 0 Å². The van der Waals surface area contributed by atoms with Gasteiger partial charge in [-0.2, -0.15) is 0 Å². The van der Waals surface area contributed by atoms with Crippen molar-refractivity contribution in [2.24, 2.45) is 0 Å². The molecule has 1 rings (SSSR count). The van der Waals surface area contributed by atoms with Crippen LogP contribution in [0, 0.1) is 0 Å². The van der Waals surface area contributed by atoms with Gasteiger partial charge < -0.3 is 10.4 Å². The molecule has 0 aliphatic rings. The molecule has 1 aromatic rings. The van der Waals surface area contributed by atoms with E-state index >= 15 is 0 Å². The number of hydrogen-bond donors (Lipinski definition) is 2. The van der Waals surface area contributed by atoms with E-state index in [0.717, 1.165) is 6.42 Å². The molecular weight excluding hydrogens is 200 g/mol. The maximum atomic E-state index is 9.31. The molecule has 0 aromatic carbocycles. The van der Waals surface area contributed by atoms with Gasteiger partial charge in [0.05, 0.1) is 11.1 Å². The highest BCUT2D eigenvalue weighted by Crippen LogP contribution is 2.17. The summed E-state index contributed by atoms with van der Waals surface area (Å²) >= 11 is 5.89. The summed E-state index contributed by atoms with van der Waals surface area (Å²) in [4.78, 5) is 4.08. The monoisotopic (exact) mass is 214 g/mol. The fraction of sp³-hybridized carbons (Fsp3) is 0.500. The zero-order valence-corrected chi connectivity index (χ0v) is 8.96. The second kappa shape index (κ2) is 5.83. The molecular formula is C10H15ClN2O. The molecule has 1 unspecified atom stereocenters. The van der Waals surface area contributed by atoms with Crippen molar-refractivity contribution in [3.8, 4) is 0 Å². The Morgan fingerprint density at radius 2 is 2.43 bits per heavy atom. The minimum absolute atomic E-state index is 0.245. The van der Waals surface area contributed by atoms with Gasteiger partial charge in [0, 0.05) is 12.7 Å². The number of nitrogens with one attached hydrogen (secondary N) is 1. The molecule has 0 spiro atoms. The number of rotatable bonds is 5. The zero-order valence-electron chi connectivity index (χ0n) is 8.20. The number of nitrogens with zero attached hydrogens (tertiary/aromatic N) is 1. The minimum atomic E-state index is -0.245. The van der Waals surface area contributed by atoms with Crippen molar-refractivity contribution >= 4 is 17.4 Å². The first kappa shape index (κ1) is 11.3. The van der Waals surface area contributed by atoms with Crippen molar-refractivity contribution in [2.75, 3.05) is 11.9 Å². The van der Waals surface area contributed by atoms with Crippen LogP contribution in [0.15, 0.2) is 18.3 Å². The fourth-order valence-electron chi connectivity index (χ4n) is 1.08. The lowest BCUT2D eigenvalue weighted by molar-refractivity contribution is 0.164. The number of pyridine rings is 1. The normalized spacial score (nSPS) is 12.5. The van der Waals surface area contributed by atoms with Crippen molar-refractivity contribution in [1.82, 2.24) is 4.98 Å². The van der Waals surface area contributed by atoms with Gasteiger partial charge in [0.2, 0.25) is 0 Å². The van der Waals surface area contributed by atoms with Crippen molar-refractivity contribution in [1.29, 1.82) is 0 Å². The van der Waals surface area contributed by atoms with Gasteiger partial charge in [0.1, 0.15) is 5.82 Å². The molecule has 3 nitrogen and oxygen atoms in total. The zero-order chi connectivity index (χ0) is 10.4. The lowest BCUT2D eigenvalue weighted by Crippen LogP contribution is -2.12. The topological polar surface area (TPSA) is 45.1 Å². The third kappa shape index (κ3) is 3.52. The summed E-state index contributed by atoms with van der Waals surface area (Å²) in [6.07, 6.45) is 2.93. The quantitative estimate of drug-likeness (QED) is 0.791. The van der Waals surface area contributed by atoms with Gasteiger partial charge >= 0.3 is 0 Å². The molecule has 14 heavy (non-hydrogen) atoms. The first-order chi connectivity index (χ1) is 6.74. The summed E-state index contributed by atoms with van der Waals surface area (Å²) in [7, 11) is 0. The predicted molar refractivity (Wildman–Crippen MR) is 58.7 cm³/mol. The average molecular weight is 215 g/mol. The number of anilines is 1. The standard InChI is InChI=1S/C10H15ClN2O/c1-2-8(14)5-7-13-10-9(11)4-3-6-12-10/h3-4,6,8,14H,2,5,7H2,1H3,(H,12,13). The number of aromatic nitrogens is 1. The molecule has 0 aliphatic heterocycles. The Labute approximate surface area is 89.1 Å². The summed E-state index contributed by atoms with van der Waals surface area (Å²) in [5.74, 6) is 0.678. The van der Waals surface area contributed by atoms with E-state index in [-0.39, 0.29) is 6.10 Å². The van der Waals surface area contributed by atoms with Gasteiger partial charge in [-0.25, -0.2) is 4.98 Å². The maximum absolute atomic E-state index is 9.31. The average Bonchev–Trinajstić information content (AvgIpc) is 2.20. The van der Waals surface area contributed by atoms with Crippen LogP contribution in [-0.2, 0) is 0 Å². The fourth-order valence-corrected chi connectivity index (χ4v) is 1.27. The van der Waals surface area contributed by atoms with Gasteiger partial charge in [0.25, 0.3) is 0 Å². The van der Waals surface area contributed by atoms with E-state index in [1.165, 1.54) is 0 Å². The number of aliphatic hydroxyl groups is 1. The first-order valence-electron chi connectivity index (χ1n) is 4.76. The van der Waals surface area contributed by atoms with Gasteiger partial charge in [-0.15, -0.1) is 0 Å².